The van der Waals surface area contributed by atoms with Crippen molar-refractivity contribution in [3.8, 4) is 0 Å². The van der Waals surface area contributed by atoms with E-state index in [-0.39, 0.29) is 4.90 Å². The molecule has 0 saturated carbocycles. The van der Waals surface area contributed by atoms with E-state index in [0.29, 0.717) is 6.21 Å². The first-order valence-electron chi connectivity index (χ1n) is 4.49. The lowest BCUT2D eigenvalue weighted by Gasteiger charge is -2.05. The van der Waals surface area contributed by atoms with Gasteiger partial charge in [-0.1, -0.05) is 23.4 Å². The summed E-state index contributed by atoms with van der Waals surface area (Å²) in [5.41, 5.74) is 0. The molecule has 1 unspecified atom stereocenters. The molecule has 0 radical (unpaired) electrons. The Balaban J connectivity index is 3.19. The molecule has 0 aliphatic rings. The summed E-state index contributed by atoms with van der Waals surface area (Å²) in [7, 11) is -2.93. The van der Waals surface area contributed by atoms with Gasteiger partial charge in [0.25, 0.3) is 9.84 Å². The molecule has 0 N–H and O–H groups in total. The predicted octanol–water partition coefficient (Wildman–Crippen LogP) is 0.695. The largest absolute Gasteiger partial charge is 0.399 e. The molecule has 17 heavy (non-hydrogen) atoms. The first-order valence-corrected chi connectivity index (χ1v) is 6.04. The van der Waals surface area contributed by atoms with Crippen molar-refractivity contribution in [3.63, 3.8) is 0 Å². The topological polar surface area (TPSA) is 98.9 Å². The van der Waals surface area contributed by atoms with Crippen molar-refractivity contribution in [3.05, 3.63) is 40.4 Å². The molecule has 0 saturated heterocycles. The first kappa shape index (κ1) is 13.1. The highest BCUT2D eigenvalue weighted by Gasteiger charge is 2.36. The fourth-order valence-electron chi connectivity index (χ4n) is 1.11. The Bertz CT molecular complexity index is 511. The van der Waals surface area contributed by atoms with Crippen LogP contribution in [0, 0.1) is 10.1 Å². The van der Waals surface area contributed by atoms with Crippen LogP contribution in [0.15, 0.2) is 40.4 Å². The van der Waals surface area contributed by atoms with E-state index >= 15 is 0 Å². The molecule has 0 spiro atoms. The molecule has 1 aromatic carbocycles. The third kappa shape index (κ3) is 3.00. The Kier molecular flexibility index (Phi) is 4.16. The van der Waals surface area contributed by atoms with Crippen molar-refractivity contribution in [1.82, 2.24) is 0 Å². The molecule has 0 fully saturated rings. The number of hydrogen-bond acceptors (Lipinski definition) is 6. The predicted molar refractivity (Wildman–Crippen MR) is 59.9 cm³/mol. The highest BCUT2D eigenvalue weighted by molar-refractivity contribution is 7.92. The molecule has 1 atom stereocenters. The molecule has 0 aromatic heterocycles. The maximum Gasteiger partial charge on any atom is 0.352 e. The molecule has 0 aliphatic carbocycles. The van der Waals surface area contributed by atoms with Crippen LogP contribution >= 0.6 is 0 Å². The van der Waals surface area contributed by atoms with Crippen LogP contribution in [0.1, 0.15) is 0 Å². The minimum Gasteiger partial charge on any atom is -0.399 e. The fourth-order valence-corrected chi connectivity index (χ4v) is 2.36. The van der Waals surface area contributed by atoms with Crippen molar-refractivity contribution >= 4 is 16.1 Å². The van der Waals surface area contributed by atoms with E-state index in [1.54, 1.807) is 6.07 Å². The van der Waals surface area contributed by atoms with Gasteiger partial charge in [-0.3, -0.25) is 10.1 Å². The minimum atomic E-state index is -4.10. The molecule has 1 aromatic rings. The highest BCUT2D eigenvalue weighted by atomic mass is 32.2. The van der Waals surface area contributed by atoms with E-state index in [9.17, 15) is 18.5 Å². The number of benzene rings is 1. The SMILES string of the molecule is CO/N=C/C([N+](=O)[O-])S(=O)(=O)c1ccccc1. The molecule has 92 valence electrons. The van der Waals surface area contributed by atoms with Gasteiger partial charge >= 0.3 is 5.37 Å². The van der Waals surface area contributed by atoms with E-state index in [2.05, 4.69) is 9.99 Å². The van der Waals surface area contributed by atoms with Crippen LogP contribution in [0.4, 0.5) is 0 Å². The van der Waals surface area contributed by atoms with Gasteiger partial charge in [-0.15, -0.1) is 0 Å². The number of hydrogen-bond donors (Lipinski definition) is 0. The normalized spacial score (nSPS) is 13.5. The van der Waals surface area contributed by atoms with Gasteiger partial charge in [0.1, 0.15) is 13.3 Å². The van der Waals surface area contributed by atoms with Crippen LogP contribution in [0.25, 0.3) is 0 Å². The lowest BCUT2D eigenvalue weighted by molar-refractivity contribution is -0.478. The van der Waals surface area contributed by atoms with E-state index in [0.717, 1.165) is 0 Å². The monoisotopic (exact) mass is 258 g/mol. The Labute approximate surface area is 97.8 Å². The lowest BCUT2D eigenvalue weighted by atomic mass is 10.4. The van der Waals surface area contributed by atoms with Crippen molar-refractivity contribution in [2.45, 2.75) is 10.3 Å². The smallest absolute Gasteiger partial charge is 0.352 e. The van der Waals surface area contributed by atoms with Gasteiger partial charge < -0.3 is 4.84 Å². The first-order chi connectivity index (χ1) is 8.00. The summed E-state index contributed by atoms with van der Waals surface area (Å²) in [4.78, 5) is 13.9. The summed E-state index contributed by atoms with van der Waals surface area (Å²) in [6.45, 7) is 0. The summed E-state index contributed by atoms with van der Waals surface area (Å²) in [6.07, 6.45) is 0.641. The Morgan fingerprint density at radius 2 is 2.00 bits per heavy atom. The second-order valence-corrected chi connectivity index (χ2v) is 5.02. The second kappa shape index (κ2) is 5.39. The van der Waals surface area contributed by atoms with Crippen LogP contribution in [-0.4, -0.2) is 32.0 Å². The summed E-state index contributed by atoms with van der Waals surface area (Å²) >= 11 is 0. The Morgan fingerprint density at radius 1 is 1.41 bits per heavy atom. The summed E-state index contributed by atoms with van der Waals surface area (Å²) in [6, 6.07) is 7.15. The summed E-state index contributed by atoms with van der Waals surface area (Å²) in [5.74, 6) is 0. The van der Waals surface area contributed by atoms with Gasteiger partial charge in [-0.25, -0.2) is 8.42 Å². The number of nitro groups is 1. The molecule has 1 rings (SSSR count). The Hall–Kier alpha value is -1.96. The van der Waals surface area contributed by atoms with Crippen LogP contribution in [0.5, 0.6) is 0 Å². The minimum absolute atomic E-state index is 0.135. The van der Waals surface area contributed by atoms with Gasteiger partial charge in [0.05, 0.1) is 4.90 Å². The Morgan fingerprint density at radius 3 is 2.47 bits per heavy atom. The van der Waals surface area contributed by atoms with Crippen LogP contribution in [0.2, 0.25) is 0 Å². The van der Waals surface area contributed by atoms with E-state index < -0.39 is 20.1 Å². The average Bonchev–Trinajstić information content (AvgIpc) is 2.30. The molecule has 0 aliphatic heterocycles. The third-order valence-corrected chi connectivity index (χ3v) is 3.75. The number of rotatable bonds is 5. The molecular formula is C9H10N2O5S. The second-order valence-electron chi connectivity index (χ2n) is 2.97. The van der Waals surface area contributed by atoms with Crippen LogP contribution in [0.3, 0.4) is 0 Å². The zero-order valence-electron chi connectivity index (χ0n) is 8.89. The van der Waals surface area contributed by atoms with Crippen molar-refractivity contribution in [1.29, 1.82) is 0 Å². The van der Waals surface area contributed by atoms with Crippen molar-refractivity contribution in [2.75, 3.05) is 7.11 Å². The third-order valence-electron chi connectivity index (χ3n) is 1.89. The zero-order chi connectivity index (χ0) is 12.9. The van der Waals surface area contributed by atoms with Crippen molar-refractivity contribution in [2.24, 2.45) is 5.16 Å². The molecule has 8 heteroatoms. The number of sulfone groups is 1. The average molecular weight is 258 g/mol. The molecule has 0 bridgehead atoms. The number of oxime groups is 1. The maximum absolute atomic E-state index is 11.9. The van der Waals surface area contributed by atoms with Crippen LogP contribution in [-0.2, 0) is 14.7 Å². The molecule has 0 heterocycles. The van der Waals surface area contributed by atoms with E-state index in [1.807, 2.05) is 0 Å². The van der Waals surface area contributed by atoms with Gasteiger partial charge in [0.15, 0.2) is 0 Å². The molecular weight excluding hydrogens is 248 g/mol. The van der Waals surface area contributed by atoms with Gasteiger partial charge in [-0.2, -0.15) is 0 Å². The zero-order valence-corrected chi connectivity index (χ0v) is 9.70. The van der Waals surface area contributed by atoms with Crippen LogP contribution < -0.4 is 0 Å². The molecule has 0 amide bonds. The quantitative estimate of drug-likeness (QED) is 0.439. The summed E-state index contributed by atoms with van der Waals surface area (Å²) < 4.78 is 23.8. The van der Waals surface area contributed by atoms with Gasteiger partial charge in [0.2, 0.25) is 0 Å². The lowest BCUT2D eigenvalue weighted by Crippen LogP contribution is -2.31. The van der Waals surface area contributed by atoms with Crippen molar-refractivity contribution < 1.29 is 18.2 Å². The molecule has 7 nitrogen and oxygen atoms in total. The standard InChI is InChI=1S/C9H10N2O5S/c1-16-10-7-9(11(12)13)17(14,15)8-5-3-2-4-6-8/h2-7,9H,1H3/b10-7+. The highest BCUT2D eigenvalue weighted by Crippen LogP contribution is 2.15. The van der Waals surface area contributed by atoms with E-state index in [4.69, 9.17) is 0 Å². The van der Waals surface area contributed by atoms with Gasteiger partial charge in [-0.05, 0) is 12.1 Å². The van der Waals surface area contributed by atoms with Gasteiger partial charge in [0, 0.05) is 4.92 Å². The maximum atomic E-state index is 11.9. The fraction of sp³-hybridized carbons (Fsp3) is 0.222. The van der Waals surface area contributed by atoms with E-state index in [1.165, 1.54) is 31.4 Å². The summed E-state index contributed by atoms with van der Waals surface area (Å²) in [5, 5.41) is 11.9. The number of nitrogens with zero attached hydrogens (tertiary/aromatic N) is 2.